The van der Waals surface area contributed by atoms with Gasteiger partial charge in [0.1, 0.15) is 24.0 Å². The molecule has 2 heterocycles. The van der Waals surface area contributed by atoms with E-state index in [0.717, 1.165) is 0 Å². The lowest BCUT2D eigenvalue weighted by Crippen LogP contribution is -2.08. The molecule has 2 rings (SSSR count). The number of hydrogen-bond acceptors (Lipinski definition) is 7. The second-order valence-corrected chi connectivity index (χ2v) is 5.85. The van der Waals surface area contributed by atoms with Gasteiger partial charge in [-0.15, -0.1) is 0 Å². The van der Waals surface area contributed by atoms with Crippen LogP contribution in [0.3, 0.4) is 0 Å². The molecule has 0 saturated carbocycles. The molecule has 2 aromatic rings. The summed E-state index contributed by atoms with van der Waals surface area (Å²) >= 11 is 0. The molecule has 9 heteroatoms. The molecule has 0 radical (unpaired) electrons. The molecule has 0 aliphatic rings. The van der Waals surface area contributed by atoms with E-state index in [1.54, 1.807) is 13.8 Å². The Kier molecular flexibility index (Phi) is 5.09. The van der Waals surface area contributed by atoms with Gasteiger partial charge < -0.3 is 9.26 Å². The van der Waals surface area contributed by atoms with E-state index in [4.69, 9.17) is 9.26 Å². The first-order valence-electron chi connectivity index (χ1n) is 7.42. The second-order valence-electron chi connectivity index (χ2n) is 5.85. The minimum atomic E-state index is -0.435. The summed E-state index contributed by atoms with van der Waals surface area (Å²) in [6.07, 6.45) is -0.273. The maximum atomic E-state index is 11.0. The quantitative estimate of drug-likeness (QED) is 0.569. The molecule has 1 atom stereocenters. The lowest BCUT2D eigenvalue weighted by Gasteiger charge is -2.10. The maximum Gasteiger partial charge on any atom is 0.312 e. The highest BCUT2D eigenvalue weighted by atomic mass is 16.6. The summed E-state index contributed by atoms with van der Waals surface area (Å²) < 4.78 is 12.3. The third-order valence-electron chi connectivity index (χ3n) is 3.34. The standard InChI is InChI=1S/C14H21N5O4/c1-8(2)7-22-11(5)14-15-12(23-17-14)6-18-10(4)13(19(20)21)9(3)16-18/h8,11H,6-7H2,1-5H3. The molecule has 1 unspecified atom stereocenters. The fourth-order valence-electron chi connectivity index (χ4n) is 2.14. The van der Waals surface area contributed by atoms with E-state index >= 15 is 0 Å². The molecule has 9 nitrogen and oxygen atoms in total. The summed E-state index contributed by atoms with van der Waals surface area (Å²) in [7, 11) is 0. The first kappa shape index (κ1) is 17.1. The average Bonchev–Trinajstić information content (AvgIpc) is 3.02. The fourth-order valence-corrected chi connectivity index (χ4v) is 2.14. The van der Waals surface area contributed by atoms with E-state index in [0.29, 0.717) is 35.6 Å². The minimum Gasteiger partial charge on any atom is -0.370 e. The van der Waals surface area contributed by atoms with E-state index in [1.807, 2.05) is 6.92 Å². The van der Waals surface area contributed by atoms with Gasteiger partial charge in [0.2, 0.25) is 5.89 Å². The van der Waals surface area contributed by atoms with Crippen molar-refractivity contribution in [3.63, 3.8) is 0 Å². The molecule has 0 bridgehead atoms. The van der Waals surface area contributed by atoms with Crippen LogP contribution in [0.1, 0.15) is 50.0 Å². The van der Waals surface area contributed by atoms with E-state index in [9.17, 15) is 10.1 Å². The average molecular weight is 323 g/mol. The summed E-state index contributed by atoms with van der Waals surface area (Å²) in [5, 5.41) is 19.1. The number of nitrogens with zero attached hydrogens (tertiary/aromatic N) is 5. The minimum absolute atomic E-state index is 0.0124. The lowest BCUT2D eigenvalue weighted by molar-refractivity contribution is -0.386. The van der Waals surface area contributed by atoms with Gasteiger partial charge in [-0.3, -0.25) is 14.8 Å². The van der Waals surface area contributed by atoms with Gasteiger partial charge in [-0.1, -0.05) is 19.0 Å². The van der Waals surface area contributed by atoms with Crippen molar-refractivity contribution in [2.24, 2.45) is 5.92 Å². The first-order chi connectivity index (χ1) is 10.8. The van der Waals surface area contributed by atoms with Crippen LogP contribution in [-0.4, -0.2) is 31.5 Å². The van der Waals surface area contributed by atoms with E-state index in [2.05, 4.69) is 29.1 Å². The van der Waals surface area contributed by atoms with E-state index in [1.165, 1.54) is 4.68 Å². The van der Waals surface area contributed by atoms with E-state index in [-0.39, 0.29) is 18.3 Å². The van der Waals surface area contributed by atoms with Gasteiger partial charge in [0, 0.05) is 6.61 Å². The summed E-state index contributed by atoms with van der Waals surface area (Å²) in [4.78, 5) is 14.9. The van der Waals surface area contributed by atoms with Crippen LogP contribution in [0.4, 0.5) is 5.69 Å². The Labute approximate surface area is 133 Å². The Bertz CT molecular complexity index is 691. The zero-order valence-electron chi connectivity index (χ0n) is 13.9. The third kappa shape index (κ3) is 3.92. The van der Waals surface area contributed by atoms with Crippen LogP contribution in [0.25, 0.3) is 0 Å². The largest absolute Gasteiger partial charge is 0.370 e. The zero-order chi connectivity index (χ0) is 17.1. The predicted molar refractivity (Wildman–Crippen MR) is 81.0 cm³/mol. The first-order valence-corrected chi connectivity index (χ1v) is 7.42. The third-order valence-corrected chi connectivity index (χ3v) is 3.34. The summed E-state index contributed by atoms with van der Waals surface area (Å²) in [6.45, 7) is 10.0. The van der Waals surface area contributed by atoms with Gasteiger partial charge >= 0.3 is 5.69 Å². The normalized spacial score (nSPS) is 12.8. The molecule has 0 aliphatic heterocycles. The topological polar surface area (TPSA) is 109 Å². The zero-order valence-corrected chi connectivity index (χ0v) is 13.9. The van der Waals surface area contributed by atoms with Crippen LogP contribution < -0.4 is 0 Å². The molecule has 0 aliphatic carbocycles. The Balaban J connectivity index is 2.10. The monoisotopic (exact) mass is 323 g/mol. The van der Waals surface area contributed by atoms with Crippen LogP contribution in [-0.2, 0) is 11.3 Å². The van der Waals surface area contributed by atoms with Crippen LogP contribution in [0, 0.1) is 29.9 Å². The van der Waals surface area contributed by atoms with Gasteiger partial charge in [-0.25, -0.2) is 0 Å². The van der Waals surface area contributed by atoms with Crippen molar-refractivity contribution in [1.29, 1.82) is 0 Å². The van der Waals surface area contributed by atoms with Gasteiger partial charge in [0.15, 0.2) is 5.82 Å². The molecule has 0 aromatic carbocycles. The highest BCUT2D eigenvalue weighted by Gasteiger charge is 2.23. The van der Waals surface area contributed by atoms with Crippen molar-refractivity contribution in [3.05, 3.63) is 33.2 Å². The molecule has 0 spiro atoms. The van der Waals surface area contributed by atoms with Crippen molar-refractivity contribution < 1.29 is 14.2 Å². The summed E-state index contributed by atoms with van der Waals surface area (Å²) in [5.41, 5.74) is 0.829. The van der Waals surface area contributed by atoms with Gasteiger partial charge in [0.05, 0.1) is 4.92 Å². The van der Waals surface area contributed by atoms with Crippen LogP contribution in [0.5, 0.6) is 0 Å². The summed E-state index contributed by atoms with van der Waals surface area (Å²) in [5.74, 6) is 1.20. The fraction of sp³-hybridized carbons (Fsp3) is 0.643. The molecular weight excluding hydrogens is 302 g/mol. The van der Waals surface area contributed by atoms with Crippen LogP contribution in [0.15, 0.2) is 4.52 Å². The smallest absolute Gasteiger partial charge is 0.312 e. The second kappa shape index (κ2) is 6.86. The molecule has 126 valence electrons. The van der Waals surface area contributed by atoms with Gasteiger partial charge in [-0.05, 0) is 26.7 Å². The van der Waals surface area contributed by atoms with Gasteiger partial charge in [0.25, 0.3) is 0 Å². The van der Waals surface area contributed by atoms with Crippen molar-refractivity contribution in [1.82, 2.24) is 19.9 Å². The molecule has 0 saturated heterocycles. The van der Waals surface area contributed by atoms with Crippen LogP contribution in [0.2, 0.25) is 0 Å². The highest BCUT2D eigenvalue weighted by Crippen LogP contribution is 2.22. The number of aromatic nitrogens is 4. The molecule has 0 amide bonds. The van der Waals surface area contributed by atoms with E-state index < -0.39 is 4.92 Å². The van der Waals surface area contributed by atoms with Crippen molar-refractivity contribution >= 4 is 5.69 Å². The number of rotatable bonds is 7. The SMILES string of the molecule is Cc1nn(Cc2nc(C(C)OCC(C)C)no2)c(C)c1[N+](=O)[O-]. The lowest BCUT2D eigenvalue weighted by atomic mass is 10.2. The molecule has 23 heavy (non-hydrogen) atoms. The van der Waals surface area contributed by atoms with Crippen molar-refractivity contribution in [2.75, 3.05) is 6.61 Å². The molecule has 0 N–H and O–H groups in total. The molecular formula is C14H21N5O4. The van der Waals surface area contributed by atoms with Gasteiger partial charge in [-0.2, -0.15) is 10.1 Å². The molecule has 0 fully saturated rings. The highest BCUT2D eigenvalue weighted by molar-refractivity contribution is 5.39. The van der Waals surface area contributed by atoms with Crippen molar-refractivity contribution in [2.45, 2.75) is 47.3 Å². The Morgan fingerprint density at radius 1 is 1.35 bits per heavy atom. The summed E-state index contributed by atoms with van der Waals surface area (Å²) in [6, 6.07) is 0. The number of hydrogen-bond donors (Lipinski definition) is 0. The predicted octanol–water partition coefficient (Wildman–Crippen LogP) is 2.57. The number of ether oxygens (including phenoxy) is 1. The number of aryl methyl sites for hydroxylation is 1. The Morgan fingerprint density at radius 2 is 2.04 bits per heavy atom. The van der Waals surface area contributed by atoms with Crippen LogP contribution >= 0.6 is 0 Å². The number of nitro groups is 1. The van der Waals surface area contributed by atoms with Crippen molar-refractivity contribution in [3.8, 4) is 0 Å². The Morgan fingerprint density at radius 3 is 2.61 bits per heavy atom. The maximum absolute atomic E-state index is 11.0. The Hall–Kier alpha value is -2.29. The molecule has 2 aromatic heterocycles.